The normalized spacial score (nSPS) is 10.9. The molecule has 80 valence electrons. The number of halogens is 1. The second-order valence-corrected chi connectivity index (χ2v) is 6.17. The maximum absolute atomic E-state index is 4.32. The van der Waals surface area contributed by atoms with Crippen LogP contribution in [0.4, 0.5) is 0 Å². The van der Waals surface area contributed by atoms with Gasteiger partial charge in [-0.15, -0.1) is 23.1 Å². The van der Waals surface area contributed by atoms with Gasteiger partial charge in [-0.05, 0) is 35.0 Å². The summed E-state index contributed by atoms with van der Waals surface area (Å²) in [6.45, 7) is 2.02. The molecule has 0 aromatic carbocycles. The van der Waals surface area contributed by atoms with Crippen LogP contribution < -0.4 is 0 Å². The molecule has 5 heteroatoms. The fourth-order valence-corrected chi connectivity index (χ4v) is 3.84. The molecule has 0 aliphatic rings. The first-order valence-corrected chi connectivity index (χ1v) is 7.17. The van der Waals surface area contributed by atoms with Crippen LogP contribution in [0.15, 0.2) is 27.0 Å². The minimum absolute atomic E-state index is 1.01. The molecule has 2 rings (SSSR count). The highest BCUT2D eigenvalue weighted by molar-refractivity contribution is 9.10. The third kappa shape index (κ3) is 2.86. The standard InChI is InChI=1S/C10H11BrN2S2/c1-7-3-10(13(2)12-7)15-6-9-4-8(11)5-14-9/h3-5H,6H2,1-2H3. The number of thioether (sulfide) groups is 1. The SMILES string of the molecule is Cc1cc(SCc2cc(Br)cs2)n(C)n1. The van der Waals surface area contributed by atoms with E-state index in [-0.39, 0.29) is 0 Å². The van der Waals surface area contributed by atoms with Crippen LogP contribution in [0.1, 0.15) is 10.6 Å². The van der Waals surface area contributed by atoms with E-state index in [9.17, 15) is 0 Å². The van der Waals surface area contributed by atoms with Crippen LogP contribution in [0.3, 0.4) is 0 Å². The van der Waals surface area contributed by atoms with E-state index in [1.54, 1.807) is 11.3 Å². The Kier molecular flexibility index (Phi) is 3.53. The monoisotopic (exact) mass is 302 g/mol. The van der Waals surface area contributed by atoms with Crippen LogP contribution in [0.2, 0.25) is 0 Å². The van der Waals surface area contributed by atoms with Crippen LogP contribution in [-0.4, -0.2) is 9.78 Å². The molecule has 0 aliphatic heterocycles. The summed E-state index contributed by atoms with van der Waals surface area (Å²) in [4.78, 5) is 1.38. The molecule has 0 amide bonds. The number of hydrogen-bond acceptors (Lipinski definition) is 3. The van der Waals surface area contributed by atoms with Gasteiger partial charge < -0.3 is 0 Å². The summed E-state index contributed by atoms with van der Waals surface area (Å²) in [6.07, 6.45) is 0. The predicted molar refractivity (Wildman–Crippen MR) is 69.5 cm³/mol. The zero-order valence-corrected chi connectivity index (χ0v) is 11.7. The Balaban J connectivity index is 2.01. The van der Waals surface area contributed by atoms with E-state index in [4.69, 9.17) is 0 Å². The van der Waals surface area contributed by atoms with Crippen LogP contribution in [0, 0.1) is 6.92 Å². The number of hydrogen-bond donors (Lipinski definition) is 0. The Morgan fingerprint density at radius 3 is 2.87 bits per heavy atom. The molecule has 0 saturated carbocycles. The van der Waals surface area contributed by atoms with Crippen molar-refractivity contribution in [1.29, 1.82) is 0 Å². The van der Waals surface area contributed by atoms with E-state index in [0.717, 1.165) is 11.4 Å². The molecule has 2 heterocycles. The van der Waals surface area contributed by atoms with Gasteiger partial charge in [-0.3, -0.25) is 4.68 Å². The predicted octanol–water partition coefficient (Wildman–Crippen LogP) is 3.84. The first-order chi connectivity index (χ1) is 7.15. The van der Waals surface area contributed by atoms with Crippen molar-refractivity contribution in [3.63, 3.8) is 0 Å². The summed E-state index contributed by atoms with van der Waals surface area (Å²) in [5, 5.41) is 7.65. The third-order valence-electron chi connectivity index (χ3n) is 1.94. The van der Waals surface area contributed by atoms with Crippen LogP contribution in [0.5, 0.6) is 0 Å². The van der Waals surface area contributed by atoms with Gasteiger partial charge in [-0.1, -0.05) is 0 Å². The highest BCUT2D eigenvalue weighted by Gasteiger charge is 2.04. The summed E-state index contributed by atoms with van der Waals surface area (Å²) in [5.41, 5.74) is 1.08. The van der Waals surface area contributed by atoms with Crippen molar-refractivity contribution >= 4 is 39.0 Å². The fraction of sp³-hybridized carbons (Fsp3) is 0.300. The Morgan fingerprint density at radius 1 is 1.53 bits per heavy atom. The van der Waals surface area contributed by atoms with Gasteiger partial charge in [0.2, 0.25) is 0 Å². The summed E-state index contributed by atoms with van der Waals surface area (Å²) in [6, 6.07) is 4.29. The molecule has 2 aromatic rings. The Hall–Kier alpha value is -0.260. The van der Waals surface area contributed by atoms with E-state index in [2.05, 4.69) is 38.5 Å². The topological polar surface area (TPSA) is 17.8 Å². The molecular weight excluding hydrogens is 292 g/mol. The summed E-state index contributed by atoms with van der Waals surface area (Å²) < 4.78 is 3.10. The lowest BCUT2D eigenvalue weighted by atomic mass is 10.5. The van der Waals surface area contributed by atoms with Crippen molar-refractivity contribution in [2.24, 2.45) is 7.05 Å². The first-order valence-electron chi connectivity index (χ1n) is 4.51. The number of aromatic nitrogens is 2. The minimum Gasteiger partial charge on any atom is -0.262 e. The first kappa shape index (κ1) is 11.2. The van der Waals surface area contributed by atoms with E-state index >= 15 is 0 Å². The van der Waals surface area contributed by atoms with Crippen molar-refractivity contribution in [3.05, 3.63) is 32.6 Å². The van der Waals surface area contributed by atoms with Gasteiger partial charge in [0.05, 0.1) is 10.7 Å². The van der Waals surface area contributed by atoms with Crippen molar-refractivity contribution in [2.75, 3.05) is 0 Å². The van der Waals surface area contributed by atoms with E-state index in [1.165, 1.54) is 14.4 Å². The molecule has 0 unspecified atom stereocenters. The van der Waals surface area contributed by atoms with Crippen molar-refractivity contribution in [3.8, 4) is 0 Å². The highest BCUT2D eigenvalue weighted by atomic mass is 79.9. The molecule has 0 aliphatic carbocycles. The van der Waals surface area contributed by atoms with Gasteiger partial charge in [0.1, 0.15) is 0 Å². The van der Waals surface area contributed by atoms with Gasteiger partial charge in [0.25, 0.3) is 0 Å². The van der Waals surface area contributed by atoms with Crippen LogP contribution >= 0.6 is 39.0 Å². The quantitative estimate of drug-likeness (QED) is 0.802. The highest BCUT2D eigenvalue weighted by Crippen LogP contribution is 2.28. The minimum atomic E-state index is 1.01. The maximum atomic E-state index is 4.32. The van der Waals surface area contributed by atoms with Crippen molar-refractivity contribution < 1.29 is 0 Å². The van der Waals surface area contributed by atoms with Crippen LogP contribution in [-0.2, 0) is 12.8 Å². The van der Waals surface area contributed by atoms with E-state index in [0.29, 0.717) is 0 Å². The molecule has 15 heavy (non-hydrogen) atoms. The molecule has 2 aromatic heterocycles. The zero-order chi connectivity index (χ0) is 10.8. The molecule has 0 saturated heterocycles. The second kappa shape index (κ2) is 4.72. The number of aryl methyl sites for hydroxylation is 2. The Labute approximate surface area is 106 Å². The number of nitrogens with zero attached hydrogens (tertiary/aromatic N) is 2. The number of thiophene rings is 1. The lowest BCUT2D eigenvalue weighted by Crippen LogP contribution is -1.92. The lowest BCUT2D eigenvalue weighted by Gasteiger charge is -1.98. The molecule has 0 radical (unpaired) electrons. The van der Waals surface area contributed by atoms with Gasteiger partial charge >= 0.3 is 0 Å². The Morgan fingerprint density at radius 2 is 2.33 bits per heavy atom. The zero-order valence-electron chi connectivity index (χ0n) is 8.53. The Bertz CT molecular complexity index is 462. The average Bonchev–Trinajstić information content (AvgIpc) is 2.70. The van der Waals surface area contributed by atoms with Crippen molar-refractivity contribution in [2.45, 2.75) is 17.7 Å². The van der Waals surface area contributed by atoms with Gasteiger partial charge in [0, 0.05) is 27.5 Å². The average molecular weight is 303 g/mol. The summed E-state index contributed by atoms with van der Waals surface area (Å²) >= 11 is 7.07. The van der Waals surface area contributed by atoms with Gasteiger partial charge in [0.15, 0.2) is 0 Å². The van der Waals surface area contributed by atoms with Crippen LogP contribution in [0.25, 0.3) is 0 Å². The largest absolute Gasteiger partial charge is 0.262 e. The second-order valence-electron chi connectivity index (χ2n) is 3.27. The lowest BCUT2D eigenvalue weighted by molar-refractivity contribution is 0.692. The van der Waals surface area contributed by atoms with Crippen molar-refractivity contribution in [1.82, 2.24) is 9.78 Å². The van der Waals surface area contributed by atoms with E-state index in [1.807, 2.05) is 30.4 Å². The maximum Gasteiger partial charge on any atom is 0.0942 e. The third-order valence-corrected chi connectivity index (χ3v) is 4.96. The fourth-order valence-electron chi connectivity index (χ4n) is 1.30. The molecule has 0 atom stereocenters. The summed E-state index contributed by atoms with van der Waals surface area (Å²) in [5.74, 6) is 1.01. The molecule has 2 nitrogen and oxygen atoms in total. The smallest absolute Gasteiger partial charge is 0.0942 e. The van der Waals surface area contributed by atoms with Gasteiger partial charge in [-0.2, -0.15) is 5.10 Å². The van der Waals surface area contributed by atoms with Gasteiger partial charge in [-0.25, -0.2) is 0 Å². The molecule has 0 fully saturated rings. The summed E-state index contributed by atoms with van der Waals surface area (Å²) in [7, 11) is 1.99. The number of rotatable bonds is 3. The molecule has 0 N–H and O–H groups in total. The molecule has 0 bridgehead atoms. The molecule has 0 spiro atoms. The molecular formula is C10H11BrN2S2. The van der Waals surface area contributed by atoms with E-state index < -0.39 is 0 Å².